The number of benzene rings is 11. The van der Waals surface area contributed by atoms with Crippen LogP contribution in [-0.2, 0) is 10.8 Å². The lowest BCUT2D eigenvalue weighted by Gasteiger charge is -2.32. The minimum Gasteiger partial charge on any atom is -0.310 e. The molecule has 3 nitrogen and oxygen atoms in total. The zero-order valence-corrected chi connectivity index (χ0v) is 42.7. The molecule has 0 bridgehead atoms. The highest BCUT2D eigenvalue weighted by molar-refractivity contribution is 6.10. The molecule has 0 atom stereocenters. The Kier molecular flexibility index (Phi) is 10.2. The number of fused-ring (bicyclic) bond motifs is 9. The van der Waals surface area contributed by atoms with Crippen molar-refractivity contribution in [2.45, 2.75) is 38.5 Å². The lowest BCUT2D eigenvalue weighted by atomic mass is 9.82. The zero-order chi connectivity index (χ0) is 50.4. The number of para-hydroxylation sites is 3. The topological polar surface area (TPSA) is 11.4 Å². The molecule has 358 valence electrons. The minimum atomic E-state index is -0.166. The van der Waals surface area contributed by atoms with Gasteiger partial charge >= 0.3 is 0 Å². The molecule has 0 saturated carbocycles. The van der Waals surface area contributed by atoms with Gasteiger partial charge in [0.25, 0.3) is 0 Å². The third-order valence-corrected chi connectivity index (χ3v) is 16.3. The first-order valence-corrected chi connectivity index (χ1v) is 26.2. The number of hydrogen-bond donors (Lipinski definition) is 0. The van der Waals surface area contributed by atoms with Gasteiger partial charge in [0.15, 0.2) is 0 Å². The predicted octanol–water partition coefficient (Wildman–Crippen LogP) is 19.7. The maximum Gasteiger partial charge on any atom is 0.0541 e. The van der Waals surface area contributed by atoms with Gasteiger partial charge in [0.05, 0.1) is 11.0 Å². The summed E-state index contributed by atoms with van der Waals surface area (Å²) in [6.45, 7) is 9.48. The Bertz CT molecular complexity index is 4000. The molecule has 3 heteroatoms. The van der Waals surface area contributed by atoms with Crippen LogP contribution >= 0.6 is 0 Å². The van der Waals surface area contributed by atoms with Gasteiger partial charge in [-0.05, 0) is 164 Å². The van der Waals surface area contributed by atoms with E-state index in [0.29, 0.717) is 0 Å². The Balaban J connectivity index is 0.990. The van der Waals surface area contributed by atoms with Crippen molar-refractivity contribution in [3.05, 3.63) is 283 Å². The normalized spacial score (nSPS) is 13.5. The van der Waals surface area contributed by atoms with Gasteiger partial charge in [-0.25, -0.2) is 0 Å². The molecule has 0 amide bonds. The van der Waals surface area contributed by atoms with Gasteiger partial charge in [0, 0.05) is 61.4 Å². The van der Waals surface area contributed by atoms with Crippen LogP contribution in [-0.4, -0.2) is 4.57 Å². The van der Waals surface area contributed by atoms with E-state index in [2.05, 4.69) is 303 Å². The van der Waals surface area contributed by atoms with Crippen molar-refractivity contribution in [3.8, 4) is 50.2 Å². The second-order valence-electron chi connectivity index (χ2n) is 21.4. The Morgan fingerprint density at radius 3 is 1.27 bits per heavy atom. The van der Waals surface area contributed by atoms with E-state index in [4.69, 9.17) is 0 Å². The van der Waals surface area contributed by atoms with E-state index in [1.165, 1.54) is 77.4 Å². The van der Waals surface area contributed by atoms with E-state index < -0.39 is 0 Å². The molecule has 75 heavy (non-hydrogen) atoms. The molecule has 1 heterocycles. The Hall–Kier alpha value is -9.18. The molecule has 0 radical (unpaired) electrons. The smallest absolute Gasteiger partial charge is 0.0541 e. The monoisotopic (exact) mass is 961 g/mol. The van der Waals surface area contributed by atoms with Crippen molar-refractivity contribution in [2.24, 2.45) is 0 Å². The van der Waals surface area contributed by atoms with Gasteiger partial charge in [-0.3, -0.25) is 0 Å². The van der Waals surface area contributed by atoms with Crippen molar-refractivity contribution in [1.29, 1.82) is 0 Å². The van der Waals surface area contributed by atoms with Crippen LogP contribution in [0.1, 0.15) is 49.9 Å². The van der Waals surface area contributed by atoms with Gasteiger partial charge in [-0.15, -0.1) is 0 Å². The SMILES string of the molecule is CC1(C)c2ccccc2-c2ccc(N(c3ccccc3)c3cc(-c4ccc5c(c4)c4ccccc4n5-c4ccc(-c5ccccc5)cc4)cc(N(c4ccccc4)c4ccc5c(c4)C(C)(C)c4ccccc4-5)c3)cc21. The third kappa shape index (κ3) is 7.17. The highest BCUT2D eigenvalue weighted by Gasteiger charge is 2.37. The fourth-order valence-corrected chi connectivity index (χ4v) is 12.6. The minimum absolute atomic E-state index is 0.166. The largest absolute Gasteiger partial charge is 0.310 e. The van der Waals surface area contributed by atoms with Gasteiger partial charge in [0.2, 0.25) is 0 Å². The van der Waals surface area contributed by atoms with Crippen LogP contribution in [0, 0.1) is 0 Å². The van der Waals surface area contributed by atoms with Crippen molar-refractivity contribution in [1.82, 2.24) is 4.57 Å². The second-order valence-corrected chi connectivity index (χ2v) is 21.4. The molecular weight excluding hydrogens is 907 g/mol. The number of nitrogens with zero attached hydrogens (tertiary/aromatic N) is 3. The molecule has 0 fully saturated rings. The van der Waals surface area contributed by atoms with Gasteiger partial charge < -0.3 is 14.4 Å². The lowest BCUT2D eigenvalue weighted by Crippen LogP contribution is -2.17. The van der Waals surface area contributed by atoms with E-state index in [1.807, 2.05) is 0 Å². The Morgan fingerprint density at radius 1 is 0.267 bits per heavy atom. The number of rotatable bonds is 9. The van der Waals surface area contributed by atoms with E-state index in [1.54, 1.807) is 0 Å². The Labute approximate surface area is 439 Å². The molecule has 0 spiro atoms. The second kappa shape index (κ2) is 17.2. The van der Waals surface area contributed by atoms with Gasteiger partial charge in [-0.2, -0.15) is 0 Å². The maximum absolute atomic E-state index is 2.46. The molecule has 1 aromatic heterocycles. The fourth-order valence-electron chi connectivity index (χ4n) is 12.6. The summed E-state index contributed by atoms with van der Waals surface area (Å²) in [4.78, 5) is 4.92. The molecule has 12 aromatic rings. The quantitative estimate of drug-likeness (QED) is 0.143. The molecule has 2 aliphatic carbocycles. The molecule has 14 rings (SSSR count). The average molecular weight is 962 g/mol. The van der Waals surface area contributed by atoms with E-state index >= 15 is 0 Å². The molecular formula is C72H55N3. The van der Waals surface area contributed by atoms with E-state index in [9.17, 15) is 0 Å². The summed E-state index contributed by atoms with van der Waals surface area (Å²) in [6.07, 6.45) is 0. The van der Waals surface area contributed by atoms with Crippen LogP contribution in [0.2, 0.25) is 0 Å². The lowest BCUT2D eigenvalue weighted by molar-refractivity contribution is 0.660. The van der Waals surface area contributed by atoms with Crippen molar-refractivity contribution in [2.75, 3.05) is 9.80 Å². The van der Waals surface area contributed by atoms with Crippen LogP contribution < -0.4 is 9.80 Å². The van der Waals surface area contributed by atoms with Crippen LogP contribution in [0.25, 0.3) is 72.0 Å². The summed E-state index contributed by atoms with van der Waals surface area (Å²) in [5.41, 5.74) is 25.0. The first-order chi connectivity index (χ1) is 36.7. The highest BCUT2D eigenvalue weighted by atomic mass is 15.2. The summed E-state index contributed by atoms with van der Waals surface area (Å²) in [6, 6.07) is 96.5. The summed E-state index contributed by atoms with van der Waals surface area (Å²) < 4.78 is 2.42. The summed E-state index contributed by atoms with van der Waals surface area (Å²) in [7, 11) is 0. The number of aromatic nitrogens is 1. The molecule has 0 saturated heterocycles. The van der Waals surface area contributed by atoms with E-state index in [-0.39, 0.29) is 10.8 Å². The van der Waals surface area contributed by atoms with Crippen LogP contribution in [0.5, 0.6) is 0 Å². The molecule has 0 aliphatic heterocycles. The van der Waals surface area contributed by atoms with Gasteiger partial charge in [0.1, 0.15) is 0 Å². The zero-order valence-electron chi connectivity index (χ0n) is 42.7. The molecule has 0 unspecified atom stereocenters. The molecule has 0 N–H and O–H groups in total. The summed E-state index contributed by atoms with van der Waals surface area (Å²) in [5, 5.41) is 2.43. The van der Waals surface area contributed by atoms with Crippen LogP contribution in [0.3, 0.4) is 0 Å². The highest BCUT2D eigenvalue weighted by Crippen LogP contribution is 2.53. The summed E-state index contributed by atoms with van der Waals surface area (Å²) in [5.74, 6) is 0. The van der Waals surface area contributed by atoms with Crippen molar-refractivity contribution < 1.29 is 0 Å². The third-order valence-electron chi connectivity index (χ3n) is 16.3. The van der Waals surface area contributed by atoms with Crippen LogP contribution in [0.15, 0.2) is 261 Å². The Morgan fingerprint density at radius 2 is 0.707 bits per heavy atom. The van der Waals surface area contributed by atoms with E-state index in [0.717, 1.165) is 50.9 Å². The maximum atomic E-state index is 2.46. The number of anilines is 6. The first-order valence-electron chi connectivity index (χ1n) is 26.2. The summed E-state index contributed by atoms with van der Waals surface area (Å²) >= 11 is 0. The standard InChI is InChI=1S/C72H55N3/c1-71(2)65-29-17-14-26-59(65)61-39-37-55(46-67(61)71)73(52-22-10-6-11-23-52)57-42-51(43-58(45-57)74(53-24-12-7-13-25-53)56-38-40-62-60-27-15-18-30-66(60)72(3,4)68(62)47-56)50-34-41-70-64(44-50)63-28-16-19-31-69(63)75(70)54-35-32-49(33-36-54)48-20-8-5-9-21-48/h5-47H,1-4H3. The van der Waals surface area contributed by atoms with Gasteiger partial charge in [-0.1, -0.05) is 191 Å². The predicted molar refractivity (Wildman–Crippen MR) is 316 cm³/mol. The molecule has 2 aliphatic rings. The fraction of sp³-hybridized carbons (Fsp3) is 0.0833. The number of hydrogen-bond acceptors (Lipinski definition) is 2. The average Bonchev–Trinajstić information content (AvgIpc) is 4.06. The first kappa shape index (κ1) is 44.5. The molecule has 11 aromatic carbocycles. The van der Waals surface area contributed by atoms with Crippen LogP contribution in [0.4, 0.5) is 34.1 Å². The van der Waals surface area contributed by atoms with Crippen molar-refractivity contribution in [3.63, 3.8) is 0 Å². The van der Waals surface area contributed by atoms with Crippen molar-refractivity contribution >= 4 is 55.9 Å².